The minimum Gasteiger partial charge on any atom is -0.322 e. The van der Waals surface area contributed by atoms with E-state index in [0.29, 0.717) is 38.1 Å². The van der Waals surface area contributed by atoms with Crippen LogP contribution in [0.4, 0.5) is 11.4 Å². The van der Waals surface area contributed by atoms with Gasteiger partial charge in [-0.3, -0.25) is 9.59 Å². The molecule has 0 aliphatic rings. The van der Waals surface area contributed by atoms with E-state index in [-0.39, 0.29) is 11.8 Å². The SMILES string of the molecule is Cc1nc(-c2cccc(Cl)c2)sc1C(=O)Nc1cccc(C(=O)Nc2ccccc2)c1C. The van der Waals surface area contributed by atoms with Gasteiger partial charge in [0.1, 0.15) is 9.88 Å². The van der Waals surface area contributed by atoms with E-state index in [9.17, 15) is 9.59 Å². The zero-order valence-electron chi connectivity index (χ0n) is 17.5. The first-order valence-electron chi connectivity index (χ1n) is 9.93. The number of carbonyl (C=O) groups is 2. The van der Waals surface area contributed by atoms with Crippen LogP contribution in [0.3, 0.4) is 0 Å². The lowest BCUT2D eigenvalue weighted by molar-refractivity contribution is 0.101. The molecule has 4 rings (SSSR count). The number of nitrogens with zero attached hydrogens (tertiary/aromatic N) is 1. The molecule has 2 N–H and O–H groups in total. The minimum atomic E-state index is -0.267. The molecule has 0 bridgehead atoms. The summed E-state index contributed by atoms with van der Waals surface area (Å²) in [4.78, 5) is 30.8. The number of benzene rings is 3. The van der Waals surface area contributed by atoms with Crippen LogP contribution in [0.15, 0.2) is 72.8 Å². The minimum absolute atomic E-state index is 0.234. The molecule has 0 spiro atoms. The molecular formula is C25H20ClN3O2S. The van der Waals surface area contributed by atoms with Gasteiger partial charge in [0.25, 0.3) is 11.8 Å². The van der Waals surface area contributed by atoms with Gasteiger partial charge in [-0.15, -0.1) is 11.3 Å². The van der Waals surface area contributed by atoms with E-state index < -0.39 is 0 Å². The number of rotatable bonds is 5. The lowest BCUT2D eigenvalue weighted by atomic mass is 10.1. The van der Waals surface area contributed by atoms with E-state index in [0.717, 1.165) is 10.6 Å². The van der Waals surface area contributed by atoms with E-state index in [1.54, 1.807) is 31.2 Å². The lowest BCUT2D eigenvalue weighted by Gasteiger charge is -2.12. The quantitative estimate of drug-likeness (QED) is 0.352. The van der Waals surface area contributed by atoms with Crippen molar-refractivity contribution in [3.05, 3.63) is 99.5 Å². The average Bonchev–Trinajstić information content (AvgIpc) is 3.17. The monoisotopic (exact) mass is 461 g/mol. The molecule has 0 aliphatic heterocycles. The maximum atomic E-state index is 13.0. The molecule has 2 amide bonds. The van der Waals surface area contributed by atoms with Crippen molar-refractivity contribution in [2.45, 2.75) is 13.8 Å². The number of aryl methyl sites for hydroxylation is 1. The molecule has 160 valence electrons. The normalized spacial score (nSPS) is 10.6. The van der Waals surface area contributed by atoms with E-state index in [1.165, 1.54) is 11.3 Å². The van der Waals surface area contributed by atoms with Gasteiger partial charge in [-0.2, -0.15) is 0 Å². The van der Waals surface area contributed by atoms with Crippen LogP contribution < -0.4 is 10.6 Å². The number of aromatic nitrogens is 1. The van der Waals surface area contributed by atoms with Crippen LogP contribution in [0.5, 0.6) is 0 Å². The van der Waals surface area contributed by atoms with Crippen LogP contribution in [0.1, 0.15) is 31.3 Å². The Balaban J connectivity index is 1.55. The number of halogens is 1. The summed E-state index contributed by atoms with van der Waals surface area (Å²) in [7, 11) is 0. The van der Waals surface area contributed by atoms with Gasteiger partial charge in [0.2, 0.25) is 0 Å². The van der Waals surface area contributed by atoms with Crippen molar-refractivity contribution in [2.75, 3.05) is 10.6 Å². The summed E-state index contributed by atoms with van der Waals surface area (Å²) in [6, 6.07) is 21.9. The zero-order valence-corrected chi connectivity index (χ0v) is 19.1. The van der Waals surface area contributed by atoms with Gasteiger partial charge >= 0.3 is 0 Å². The predicted octanol–water partition coefficient (Wildman–Crippen LogP) is 6.58. The van der Waals surface area contributed by atoms with Crippen LogP contribution in [0, 0.1) is 13.8 Å². The fourth-order valence-corrected chi connectivity index (χ4v) is 4.42. The molecule has 0 unspecified atom stereocenters. The summed E-state index contributed by atoms with van der Waals surface area (Å²) < 4.78 is 0. The lowest BCUT2D eigenvalue weighted by Crippen LogP contribution is -2.16. The molecule has 4 aromatic rings. The highest BCUT2D eigenvalue weighted by Gasteiger charge is 2.19. The molecular weight excluding hydrogens is 442 g/mol. The molecule has 0 radical (unpaired) electrons. The largest absolute Gasteiger partial charge is 0.322 e. The Hall–Kier alpha value is -3.48. The second-order valence-corrected chi connectivity index (χ2v) is 8.63. The molecule has 0 fully saturated rings. The molecule has 3 aromatic carbocycles. The Morgan fingerprint density at radius 1 is 0.875 bits per heavy atom. The Labute approximate surface area is 195 Å². The van der Waals surface area contributed by atoms with E-state index in [2.05, 4.69) is 15.6 Å². The smallest absolute Gasteiger partial charge is 0.267 e. The van der Waals surface area contributed by atoms with Crippen LogP contribution in [0.25, 0.3) is 10.6 Å². The fraction of sp³-hybridized carbons (Fsp3) is 0.0800. The molecule has 1 heterocycles. The van der Waals surface area contributed by atoms with E-state index in [1.807, 2.05) is 55.5 Å². The van der Waals surface area contributed by atoms with Crippen molar-refractivity contribution in [1.29, 1.82) is 0 Å². The Kier molecular flexibility index (Phi) is 6.35. The topological polar surface area (TPSA) is 71.1 Å². The van der Waals surface area contributed by atoms with Gasteiger partial charge in [-0.05, 0) is 55.8 Å². The second-order valence-electron chi connectivity index (χ2n) is 7.20. The zero-order chi connectivity index (χ0) is 22.7. The number of thiazole rings is 1. The predicted molar refractivity (Wildman–Crippen MR) is 131 cm³/mol. The number of para-hydroxylation sites is 1. The third-order valence-corrected chi connectivity index (χ3v) is 6.37. The van der Waals surface area contributed by atoms with Gasteiger partial charge in [0, 0.05) is 27.5 Å². The highest BCUT2D eigenvalue weighted by atomic mass is 35.5. The first-order chi connectivity index (χ1) is 15.4. The van der Waals surface area contributed by atoms with Crippen molar-refractivity contribution in [1.82, 2.24) is 4.98 Å². The molecule has 1 aromatic heterocycles. The second kappa shape index (κ2) is 9.34. The number of hydrogen-bond donors (Lipinski definition) is 2. The maximum Gasteiger partial charge on any atom is 0.267 e. The first kappa shape index (κ1) is 21.7. The van der Waals surface area contributed by atoms with Crippen molar-refractivity contribution >= 4 is 46.1 Å². The number of anilines is 2. The van der Waals surface area contributed by atoms with Crippen molar-refractivity contribution < 1.29 is 9.59 Å². The van der Waals surface area contributed by atoms with Crippen molar-refractivity contribution in [3.63, 3.8) is 0 Å². The third kappa shape index (κ3) is 4.72. The summed E-state index contributed by atoms with van der Waals surface area (Å²) in [5.41, 5.74) is 3.96. The van der Waals surface area contributed by atoms with E-state index in [4.69, 9.17) is 11.6 Å². The van der Waals surface area contributed by atoms with Crippen molar-refractivity contribution in [2.24, 2.45) is 0 Å². The van der Waals surface area contributed by atoms with Gasteiger partial charge in [-0.1, -0.05) is 48.0 Å². The Morgan fingerprint density at radius 2 is 1.62 bits per heavy atom. The molecule has 32 heavy (non-hydrogen) atoms. The standard InChI is InChI=1S/C25H20ClN3O2S/c1-15-20(23(30)28-19-10-4-3-5-11-19)12-7-13-21(15)29-24(31)22-16(2)27-25(32-22)17-8-6-9-18(26)14-17/h3-14H,1-2H3,(H,28,30)(H,29,31). The molecule has 0 aliphatic carbocycles. The summed E-state index contributed by atoms with van der Waals surface area (Å²) in [6.45, 7) is 3.61. The molecule has 7 heteroatoms. The summed E-state index contributed by atoms with van der Waals surface area (Å²) >= 11 is 7.39. The number of amides is 2. The van der Waals surface area contributed by atoms with Crippen molar-refractivity contribution in [3.8, 4) is 10.6 Å². The molecule has 0 saturated heterocycles. The van der Waals surface area contributed by atoms with Gasteiger partial charge in [-0.25, -0.2) is 4.98 Å². The molecule has 0 atom stereocenters. The number of hydrogen-bond acceptors (Lipinski definition) is 4. The summed E-state index contributed by atoms with van der Waals surface area (Å²) in [5.74, 6) is -0.501. The highest BCUT2D eigenvalue weighted by Crippen LogP contribution is 2.30. The molecule has 5 nitrogen and oxygen atoms in total. The fourth-order valence-electron chi connectivity index (χ4n) is 3.27. The Bertz CT molecular complexity index is 1300. The van der Waals surface area contributed by atoms with Crippen LogP contribution in [0.2, 0.25) is 5.02 Å². The third-order valence-electron chi connectivity index (χ3n) is 4.93. The van der Waals surface area contributed by atoms with Gasteiger partial charge in [0.05, 0.1) is 5.69 Å². The number of nitrogens with one attached hydrogen (secondary N) is 2. The van der Waals surface area contributed by atoms with Gasteiger partial charge in [0.15, 0.2) is 0 Å². The maximum absolute atomic E-state index is 13.0. The van der Waals surface area contributed by atoms with E-state index >= 15 is 0 Å². The van der Waals surface area contributed by atoms with Crippen LogP contribution in [-0.2, 0) is 0 Å². The first-order valence-corrected chi connectivity index (χ1v) is 11.1. The summed E-state index contributed by atoms with van der Waals surface area (Å²) in [6.07, 6.45) is 0. The van der Waals surface area contributed by atoms with Crippen LogP contribution >= 0.6 is 22.9 Å². The summed E-state index contributed by atoms with van der Waals surface area (Å²) in [5, 5.41) is 7.14. The highest BCUT2D eigenvalue weighted by molar-refractivity contribution is 7.17. The number of carbonyl (C=O) groups excluding carboxylic acids is 2. The average molecular weight is 462 g/mol. The molecule has 0 saturated carbocycles. The van der Waals surface area contributed by atoms with Crippen LogP contribution in [-0.4, -0.2) is 16.8 Å². The Morgan fingerprint density at radius 3 is 2.38 bits per heavy atom. The van der Waals surface area contributed by atoms with Gasteiger partial charge < -0.3 is 10.6 Å².